The Kier molecular flexibility index (Phi) is 4.96. The fraction of sp³-hybridized carbons (Fsp3) is 0.167. The Bertz CT molecular complexity index is 848. The molecule has 0 aliphatic heterocycles. The standard InChI is InChI=1S/C18H16FN3OS/c1-12-5-6-13(14(19)10-12)18(23)21-9-7-17-22-16(11-24-17)15-4-2-3-8-20-15/h2-6,8,10-11H,7,9H2,1H3,(H,21,23). The van der Waals surface area contributed by atoms with Crippen LogP contribution in [0.4, 0.5) is 4.39 Å². The van der Waals surface area contributed by atoms with Crippen LogP contribution in [0.25, 0.3) is 11.4 Å². The molecule has 0 fully saturated rings. The zero-order valence-corrected chi connectivity index (χ0v) is 13.9. The van der Waals surface area contributed by atoms with Gasteiger partial charge in [-0.1, -0.05) is 12.1 Å². The molecule has 0 saturated heterocycles. The second-order valence-corrected chi connectivity index (χ2v) is 6.27. The fourth-order valence-electron chi connectivity index (χ4n) is 2.24. The lowest BCUT2D eigenvalue weighted by Crippen LogP contribution is -2.26. The molecule has 1 aromatic carbocycles. The van der Waals surface area contributed by atoms with Gasteiger partial charge in [0, 0.05) is 24.5 Å². The van der Waals surface area contributed by atoms with Crippen molar-refractivity contribution in [3.63, 3.8) is 0 Å². The minimum Gasteiger partial charge on any atom is -0.352 e. The van der Waals surface area contributed by atoms with Gasteiger partial charge in [-0.15, -0.1) is 11.3 Å². The third kappa shape index (κ3) is 3.83. The number of aryl methyl sites for hydroxylation is 1. The number of halogens is 1. The number of carbonyl (C=O) groups excluding carboxylic acids is 1. The number of amides is 1. The summed E-state index contributed by atoms with van der Waals surface area (Å²) in [5.74, 6) is -0.909. The lowest BCUT2D eigenvalue weighted by atomic mass is 10.1. The van der Waals surface area contributed by atoms with E-state index in [2.05, 4.69) is 15.3 Å². The molecule has 6 heteroatoms. The summed E-state index contributed by atoms with van der Waals surface area (Å²) >= 11 is 1.52. The summed E-state index contributed by atoms with van der Waals surface area (Å²) < 4.78 is 13.8. The highest BCUT2D eigenvalue weighted by molar-refractivity contribution is 7.09. The van der Waals surface area contributed by atoms with Crippen LogP contribution in [0.5, 0.6) is 0 Å². The molecule has 0 saturated carbocycles. The lowest BCUT2D eigenvalue weighted by Gasteiger charge is -2.05. The third-order valence-electron chi connectivity index (χ3n) is 3.47. The molecule has 0 radical (unpaired) electrons. The first kappa shape index (κ1) is 16.3. The molecular weight excluding hydrogens is 325 g/mol. The molecule has 0 spiro atoms. The second-order valence-electron chi connectivity index (χ2n) is 5.33. The van der Waals surface area contributed by atoms with Gasteiger partial charge in [-0.3, -0.25) is 9.78 Å². The van der Waals surface area contributed by atoms with E-state index in [1.54, 1.807) is 19.2 Å². The summed E-state index contributed by atoms with van der Waals surface area (Å²) in [6, 6.07) is 10.3. The zero-order chi connectivity index (χ0) is 16.9. The second kappa shape index (κ2) is 7.31. The molecule has 0 unspecified atom stereocenters. The first-order valence-corrected chi connectivity index (χ1v) is 8.41. The van der Waals surface area contributed by atoms with Gasteiger partial charge in [0.2, 0.25) is 0 Å². The third-order valence-corrected chi connectivity index (χ3v) is 4.38. The summed E-state index contributed by atoms with van der Waals surface area (Å²) in [6.45, 7) is 2.19. The van der Waals surface area contributed by atoms with E-state index in [1.165, 1.54) is 23.5 Å². The molecule has 1 amide bonds. The number of hydrogen-bond donors (Lipinski definition) is 1. The average molecular weight is 341 g/mol. The Labute approximate surface area is 143 Å². The van der Waals surface area contributed by atoms with Gasteiger partial charge in [-0.25, -0.2) is 9.37 Å². The quantitative estimate of drug-likeness (QED) is 0.771. The molecular formula is C18H16FN3OS. The van der Waals surface area contributed by atoms with E-state index in [9.17, 15) is 9.18 Å². The number of hydrogen-bond acceptors (Lipinski definition) is 4. The van der Waals surface area contributed by atoms with Gasteiger partial charge in [0.15, 0.2) is 0 Å². The lowest BCUT2D eigenvalue weighted by molar-refractivity contribution is 0.0950. The minimum atomic E-state index is -0.501. The molecule has 3 aromatic rings. The van der Waals surface area contributed by atoms with Gasteiger partial charge in [0.1, 0.15) is 5.82 Å². The van der Waals surface area contributed by atoms with Crippen molar-refractivity contribution in [2.75, 3.05) is 6.54 Å². The first-order valence-electron chi connectivity index (χ1n) is 7.53. The predicted molar refractivity (Wildman–Crippen MR) is 92.5 cm³/mol. The maximum atomic E-state index is 13.8. The van der Waals surface area contributed by atoms with E-state index < -0.39 is 11.7 Å². The number of thiazole rings is 1. The van der Waals surface area contributed by atoms with Crippen LogP contribution in [0.1, 0.15) is 20.9 Å². The molecule has 2 aromatic heterocycles. The Morgan fingerprint density at radius 3 is 2.88 bits per heavy atom. The van der Waals surface area contributed by atoms with Crippen molar-refractivity contribution in [3.8, 4) is 11.4 Å². The summed E-state index contributed by atoms with van der Waals surface area (Å²) in [4.78, 5) is 20.8. The van der Waals surface area contributed by atoms with E-state index in [0.717, 1.165) is 22.0 Å². The topological polar surface area (TPSA) is 54.9 Å². The summed E-state index contributed by atoms with van der Waals surface area (Å²) in [5, 5.41) is 5.58. The van der Waals surface area contributed by atoms with Crippen LogP contribution in [0.3, 0.4) is 0 Å². The van der Waals surface area contributed by atoms with Crippen molar-refractivity contribution < 1.29 is 9.18 Å². The molecule has 0 aliphatic rings. The molecule has 2 heterocycles. The van der Waals surface area contributed by atoms with Crippen molar-refractivity contribution in [1.82, 2.24) is 15.3 Å². The van der Waals surface area contributed by atoms with Gasteiger partial charge in [0.25, 0.3) is 5.91 Å². The SMILES string of the molecule is Cc1ccc(C(=O)NCCc2nc(-c3ccccn3)cs2)c(F)c1. The van der Waals surface area contributed by atoms with Crippen molar-refractivity contribution in [1.29, 1.82) is 0 Å². The molecule has 122 valence electrons. The Morgan fingerprint density at radius 1 is 1.25 bits per heavy atom. The molecule has 0 aliphatic carbocycles. The van der Waals surface area contributed by atoms with Crippen LogP contribution in [-0.4, -0.2) is 22.4 Å². The van der Waals surface area contributed by atoms with Gasteiger partial charge in [0.05, 0.1) is 22.0 Å². The van der Waals surface area contributed by atoms with Crippen LogP contribution in [-0.2, 0) is 6.42 Å². The highest BCUT2D eigenvalue weighted by atomic mass is 32.1. The maximum Gasteiger partial charge on any atom is 0.254 e. The Hall–Kier alpha value is -2.60. The molecule has 24 heavy (non-hydrogen) atoms. The number of nitrogens with one attached hydrogen (secondary N) is 1. The largest absolute Gasteiger partial charge is 0.352 e. The number of nitrogens with zero attached hydrogens (tertiary/aromatic N) is 2. The zero-order valence-electron chi connectivity index (χ0n) is 13.1. The maximum absolute atomic E-state index is 13.8. The number of pyridine rings is 1. The number of benzene rings is 1. The Balaban J connectivity index is 1.57. The van der Waals surface area contributed by atoms with Crippen LogP contribution in [0.2, 0.25) is 0 Å². The van der Waals surface area contributed by atoms with Crippen molar-refractivity contribution in [3.05, 3.63) is 69.9 Å². The molecule has 0 atom stereocenters. The first-order chi connectivity index (χ1) is 11.6. The average Bonchev–Trinajstić information content (AvgIpc) is 3.04. The monoisotopic (exact) mass is 341 g/mol. The van der Waals surface area contributed by atoms with Crippen molar-refractivity contribution in [2.45, 2.75) is 13.3 Å². The van der Waals surface area contributed by atoms with E-state index in [4.69, 9.17) is 0 Å². The summed E-state index contributed by atoms with van der Waals surface area (Å²) in [7, 11) is 0. The number of rotatable bonds is 5. The summed E-state index contributed by atoms with van der Waals surface area (Å²) in [6.07, 6.45) is 2.32. The molecule has 1 N–H and O–H groups in total. The van der Waals surface area contributed by atoms with Gasteiger partial charge in [-0.05, 0) is 36.8 Å². The van der Waals surface area contributed by atoms with Crippen LogP contribution in [0, 0.1) is 12.7 Å². The molecule has 4 nitrogen and oxygen atoms in total. The van der Waals surface area contributed by atoms with Crippen molar-refractivity contribution in [2.24, 2.45) is 0 Å². The highest BCUT2D eigenvalue weighted by Crippen LogP contribution is 2.19. The van der Waals surface area contributed by atoms with E-state index in [1.807, 2.05) is 23.6 Å². The normalized spacial score (nSPS) is 10.6. The van der Waals surface area contributed by atoms with Crippen LogP contribution < -0.4 is 5.32 Å². The predicted octanol–water partition coefficient (Wildman–Crippen LogP) is 3.63. The van der Waals surface area contributed by atoms with E-state index in [-0.39, 0.29) is 5.56 Å². The number of aromatic nitrogens is 2. The van der Waals surface area contributed by atoms with Gasteiger partial charge < -0.3 is 5.32 Å². The fourth-order valence-corrected chi connectivity index (χ4v) is 3.03. The van der Waals surface area contributed by atoms with E-state index >= 15 is 0 Å². The minimum absolute atomic E-state index is 0.0638. The van der Waals surface area contributed by atoms with Crippen LogP contribution >= 0.6 is 11.3 Å². The smallest absolute Gasteiger partial charge is 0.254 e. The van der Waals surface area contributed by atoms with Crippen molar-refractivity contribution >= 4 is 17.2 Å². The number of carbonyl (C=O) groups is 1. The van der Waals surface area contributed by atoms with Gasteiger partial charge >= 0.3 is 0 Å². The molecule has 3 rings (SSSR count). The van der Waals surface area contributed by atoms with E-state index in [0.29, 0.717) is 13.0 Å². The summed E-state index contributed by atoms with van der Waals surface area (Å²) in [5.41, 5.74) is 2.50. The van der Waals surface area contributed by atoms with Crippen LogP contribution in [0.15, 0.2) is 48.0 Å². The molecule has 0 bridgehead atoms. The van der Waals surface area contributed by atoms with Gasteiger partial charge in [-0.2, -0.15) is 0 Å². The Morgan fingerprint density at radius 2 is 2.12 bits per heavy atom. The highest BCUT2D eigenvalue weighted by Gasteiger charge is 2.11.